The molecule has 1 aromatic heterocycles. The number of alkyl halides is 3. The van der Waals surface area contributed by atoms with Crippen molar-refractivity contribution in [3.05, 3.63) is 59.8 Å². The summed E-state index contributed by atoms with van der Waals surface area (Å²) in [7, 11) is 0. The molecule has 1 unspecified atom stereocenters. The van der Waals surface area contributed by atoms with Gasteiger partial charge in [0.05, 0.1) is 11.1 Å². The fourth-order valence-corrected chi connectivity index (χ4v) is 3.23. The van der Waals surface area contributed by atoms with Gasteiger partial charge in [-0.15, -0.1) is 0 Å². The molecular weight excluding hydrogens is 353 g/mol. The van der Waals surface area contributed by atoms with E-state index in [4.69, 9.17) is 5.73 Å². The fraction of sp³-hybridized carbons (Fsp3) is 0.286. The zero-order valence-corrected chi connectivity index (χ0v) is 15.3. The van der Waals surface area contributed by atoms with Gasteiger partial charge in [-0.05, 0) is 35.7 Å². The van der Waals surface area contributed by atoms with Gasteiger partial charge in [-0.3, -0.25) is 9.36 Å². The highest BCUT2D eigenvalue weighted by Gasteiger charge is 2.33. The molecule has 142 valence electrons. The number of aromatic nitrogens is 1. The molecule has 0 radical (unpaired) electrons. The lowest BCUT2D eigenvalue weighted by Gasteiger charge is -2.13. The van der Waals surface area contributed by atoms with Gasteiger partial charge in [-0.25, -0.2) is 0 Å². The Kier molecular flexibility index (Phi) is 4.86. The molecule has 0 fully saturated rings. The molecule has 2 N–H and O–H groups in total. The standard InChI is InChI=1S/C21H21F3N2O/c1-12(2)20(27)26-11-17(13(3)25)16-9-8-14(10-19(16)26)15-6-4-5-7-18(15)21(22,23)24/h4-13H,25H2,1-3H3. The number of carbonyl (C=O) groups excluding carboxylic acids is 1. The minimum absolute atomic E-state index is 0.0824. The lowest BCUT2D eigenvalue weighted by molar-refractivity contribution is -0.137. The van der Waals surface area contributed by atoms with Crippen LogP contribution in [0.1, 0.15) is 42.7 Å². The maximum absolute atomic E-state index is 13.4. The van der Waals surface area contributed by atoms with Crippen LogP contribution in [0.4, 0.5) is 13.2 Å². The summed E-state index contributed by atoms with van der Waals surface area (Å²) in [5.41, 5.74) is 7.16. The molecule has 0 aliphatic heterocycles. The molecule has 0 amide bonds. The summed E-state index contributed by atoms with van der Waals surface area (Å²) in [6, 6.07) is 10.1. The number of benzene rings is 2. The third kappa shape index (κ3) is 3.49. The Labute approximate surface area is 155 Å². The van der Waals surface area contributed by atoms with Gasteiger partial charge in [0.2, 0.25) is 5.91 Å². The van der Waals surface area contributed by atoms with Crippen molar-refractivity contribution in [2.24, 2.45) is 11.7 Å². The Morgan fingerprint density at radius 3 is 2.33 bits per heavy atom. The number of rotatable bonds is 3. The largest absolute Gasteiger partial charge is 0.417 e. The van der Waals surface area contributed by atoms with Gasteiger partial charge in [0, 0.05) is 23.5 Å². The van der Waals surface area contributed by atoms with E-state index in [0.717, 1.165) is 17.0 Å². The van der Waals surface area contributed by atoms with Crippen LogP contribution in [-0.2, 0) is 6.18 Å². The first kappa shape index (κ1) is 19.2. The van der Waals surface area contributed by atoms with E-state index in [1.165, 1.54) is 16.7 Å². The van der Waals surface area contributed by atoms with E-state index >= 15 is 0 Å². The summed E-state index contributed by atoms with van der Waals surface area (Å²) < 4.78 is 41.7. The highest BCUT2D eigenvalue weighted by atomic mass is 19.4. The van der Waals surface area contributed by atoms with Crippen LogP contribution < -0.4 is 5.73 Å². The first-order chi connectivity index (χ1) is 12.6. The topological polar surface area (TPSA) is 48.0 Å². The van der Waals surface area contributed by atoms with Gasteiger partial charge in [0.1, 0.15) is 0 Å². The van der Waals surface area contributed by atoms with Crippen molar-refractivity contribution in [2.45, 2.75) is 33.0 Å². The molecule has 0 saturated carbocycles. The number of nitrogens with zero attached hydrogens (tertiary/aromatic N) is 1. The minimum atomic E-state index is -4.46. The average molecular weight is 374 g/mol. The Balaban J connectivity index is 2.27. The Hall–Kier alpha value is -2.60. The number of carbonyl (C=O) groups is 1. The molecule has 0 saturated heterocycles. The van der Waals surface area contributed by atoms with E-state index in [1.807, 2.05) is 6.92 Å². The Bertz CT molecular complexity index is 1000. The predicted octanol–water partition coefficient (Wildman–Crippen LogP) is 5.64. The average Bonchev–Trinajstić information content (AvgIpc) is 2.99. The van der Waals surface area contributed by atoms with Crippen LogP contribution >= 0.6 is 0 Å². The van der Waals surface area contributed by atoms with Crippen molar-refractivity contribution >= 4 is 16.8 Å². The highest BCUT2D eigenvalue weighted by Crippen LogP contribution is 2.38. The molecule has 3 nitrogen and oxygen atoms in total. The number of halogens is 3. The second kappa shape index (κ2) is 6.85. The maximum atomic E-state index is 13.4. The van der Waals surface area contributed by atoms with Crippen LogP contribution in [0.2, 0.25) is 0 Å². The third-order valence-electron chi connectivity index (χ3n) is 4.60. The fourth-order valence-electron chi connectivity index (χ4n) is 3.23. The molecule has 6 heteroatoms. The Morgan fingerprint density at radius 2 is 1.74 bits per heavy atom. The van der Waals surface area contributed by atoms with Gasteiger partial charge in [-0.2, -0.15) is 13.2 Å². The summed E-state index contributed by atoms with van der Waals surface area (Å²) in [5.74, 6) is -0.388. The zero-order valence-electron chi connectivity index (χ0n) is 15.3. The molecule has 3 rings (SSSR count). The Morgan fingerprint density at radius 1 is 1.07 bits per heavy atom. The first-order valence-electron chi connectivity index (χ1n) is 8.72. The van der Waals surface area contributed by atoms with E-state index < -0.39 is 11.7 Å². The van der Waals surface area contributed by atoms with Gasteiger partial charge in [0.15, 0.2) is 0 Å². The van der Waals surface area contributed by atoms with Crippen LogP contribution in [0.5, 0.6) is 0 Å². The number of hydrogen-bond donors (Lipinski definition) is 1. The van der Waals surface area contributed by atoms with Crippen molar-refractivity contribution in [1.82, 2.24) is 4.57 Å². The molecule has 0 spiro atoms. The second-order valence-corrected chi connectivity index (χ2v) is 7.01. The van der Waals surface area contributed by atoms with Gasteiger partial charge in [-0.1, -0.05) is 44.2 Å². The van der Waals surface area contributed by atoms with Crippen LogP contribution in [0.25, 0.3) is 22.0 Å². The van der Waals surface area contributed by atoms with E-state index in [9.17, 15) is 18.0 Å². The van der Waals surface area contributed by atoms with Crippen molar-refractivity contribution in [3.8, 4) is 11.1 Å². The quantitative estimate of drug-likeness (QED) is 0.645. The summed E-state index contributed by atoms with van der Waals surface area (Å²) in [5, 5.41) is 0.771. The molecule has 0 bridgehead atoms. The van der Waals surface area contributed by atoms with Crippen molar-refractivity contribution in [3.63, 3.8) is 0 Å². The SMILES string of the molecule is CC(C)C(=O)n1cc(C(C)N)c2ccc(-c3ccccc3C(F)(F)F)cc21. The molecule has 27 heavy (non-hydrogen) atoms. The zero-order chi connectivity index (χ0) is 19.9. The first-order valence-corrected chi connectivity index (χ1v) is 8.72. The van der Waals surface area contributed by atoms with Crippen LogP contribution in [0.15, 0.2) is 48.7 Å². The van der Waals surface area contributed by atoms with Crippen LogP contribution in [0.3, 0.4) is 0 Å². The number of fused-ring (bicyclic) bond motifs is 1. The number of hydrogen-bond acceptors (Lipinski definition) is 2. The maximum Gasteiger partial charge on any atom is 0.417 e. The summed E-state index contributed by atoms with van der Waals surface area (Å²) in [6.07, 6.45) is -2.77. The van der Waals surface area contributed by atoms with Gasteiger partial charge < -0.3 is 5.73 Å². The lowest BCUT2D eigenvalue weighted by Crippen LogP contribution is -2.16. The molecule has 2 aromatic carbocycles. The van der Waals surface area contributed by atoms with Crippen molar-refractivity contribution < 1.29 is 18.0 Å². The smallest absolute Gasteiger partial charge is 0.324 e. The summed E-state index contributed by atoms with van der Waals surface area (Å²) in [6.45, 7) is 5.37. The molecule has 1 heterocycles. The predicted molar refractivity (Wildman–Crippen MR) is 100 cm³/mol. The minimum Gasteiger partial charge on any atom is -0.324 e. The molecule has 0 aliphatic rings. The van der Waals surface area contributed by atoms with Crippen molar-refractivity contribution in [1.29, 1.82) is 0 Å². The van der Waals surface area contributed by atoms with Crippen molar-refractivity contribution in [2.75, 3.05) is 0 Å². The van der Waals surface area contributed by atoms with E-state index in [-0.39, 0.29) is 23.4 Å². The highest BCUT2D eigenvalue weighted by molar-refractivity contribution is 5.97. The summed E-state index contributed by atoms with van der Waals surface area (Å²) in [4.78, 5) is 12.6. The van der Waals surface area contributed by atoms with E-state index in [0.29, 0.717) is 11.1 Å². The molecule has 3 aromatic rings. The summed E-state index contributed by atoms with van der Waals surface area (Å²) >= 11 is 0. The second-order valence-electron chi connectivity index (χ2n) is 7.01. The van der Waals surface area contributed by atoms with Crippen LogP contribution in [0, 0.1) is 5.92 Å². The monoisotopic (exact) mass is 374 g/mol. The molecular formula is C21H21F3N2O. The molecule has 1 atom stereocenters. The number of nitrogens with two attached hydrogens (primary N) is 1. The van der Waals surface area contributed by atoms with E-state index in [1.54, 1.807) is 44.3 Å². The van der Waals surface area contributed by atoms with Gasteiger partial charge in [0.25, 0.3) is 0 Å². The van der Waals surface area contributed by atoms with E-state index in [2.05, 4.69) is 0 Å². The van der Waals surface area contributed by atoms with Crippen LogP contribution in [-0.4, -0.2) is 10.5 Å². The normalized spacial score (nSPS) is 13.3. The lowest BCUT2D eigenvalue weighted by atomic mass is 9.97. The molecule has 0 aliphatic carbocycles. The third-order valence-corrected chi connectivity index (χ3v) is 4.60. The van der Waals surface area contributed by atoms with Gasteiger partial charge >= 0.3 is 6.18 Å².